The monoisotopic (exact) mass is 394 g/mol. The third-order valence-corrected chi connectivity index (χ3v) is 5.11. The van der Waals surface area contributed by atoms with E-state index in [0.717, 1.165) is 0 Å². The number of anilines is 2. The van der Waals surface area contributed by atoms with Crippen LogP contribution < -0.4 is 10.6 Å². The van der Waals surface area contributed by atoms with Crippen LogP contribution in [0, 0.1) is 5.41 Å². The Morgan fingerprint density at radius 1 is 0.897 bits per heavy atom. The van der Waals surface area contributed by atoms with Crippen LogP contribution in [0.4, 0.5) is 11.4 Å². The third kappa shape index (κ3) is 4.65. The molecule has 0 spiro atoms. The zero-order valence-electron chi connectivity index (χ0n) is 17.0. The van der Waals surface area contributed by atoms with Crippen LogP contribution in [0.5, 0.6) is 0 Å². The first-order valence-corrected chi connectivity index (χ1v) is 9.86. The van der Waals surface area contributed by atoms with Crippen molar-refractivity contribution in [2.75, 3.05) is 17.2 Å². The predicted molar refractivity (Wildman–Crippen MR) is 112 cm³/mol. The van der Waals surface area contributed by atoms with Gasteiger partial charge in [0, 0.05) is 11.4 Å². The van der Waals surface area contributed by atoms with E-state index < -0.39 is 11.4 Å². The molecule has 6 nitrogen and oxygen atoms in total. The molecule has 0 saturated heterocycles. The van der Waals surface area contributed by atoms with E-state index in [4.69, 9.17) is 4.74 Å². The summed E-state index contributed by atoms with van der Waals surface area (Å²) < 4.78 is 4.94. The summed E-state index contributed by atoms with van der Waals surface area (Å²) in [6.07, 6.45) is 1.02. The molecule has 0 unspecified atom stereocenters. The number of hydrogen-bond acceptors (Lipinski definition) is 4. The van der Waals surface area contributed by atoms with E-state index in [1.807, 2.05) is 24.3 Å². The first-order valence-electron chi connectivity index (χ1n) is 9.86. The van der Waals surface area contributed by atoms with Gasteiger partial charge in [0.15, 0.2) is 0 Å². The molecule has 0 aliphatic heterocycles. The quantitative estimate of drug-likeness (QED) is 0.540. The van der Waals surface area contributed by atoms with Crippen molar-refractivity contribution in [3.05, 3.63) is 59.7 Å². The first-order chi connectivity index (χ1) is 13.9. The molecular weight excluding hydrogens is 368 g/mol. The zero-order chi connectivity index (χ0) is 21.0. The normalized spacial score (nSPS) is 14.2. The van der Waals surface area contributed by atoms with Crippen molar-refractivity contribution in [1.82, 2.24) is 0 Å². The van der Waals surface area contributed by atoms with E-state index in [9.17, 15) is 14.4 Å². The fourth-order valence-corrected chi connectivity index (χ4v) is 3.04. The van der Waals surface area contributed by atoms with Gasteiger partial charge >= 0.3 is 5.97 Å². The summed E-state index contributed by atoms with van der Waals surface area (Å²) in [7, 11) is 0. The van der Waals surface area contributed by atoms with Crippen molar-refractivity contribution >= 4 is 29.2 Å². The number of carbonyl (C=O) groups excluding carboxylic acids is 3. The van der Waals surface area contributed by atoms with E-state index in [1.165, 1.54) is 5.56 Å². The molecule has 0 aromatic heterocycles. The van der Waals surface area contributed by atoms with Crippen LogP contribution >= 0.6 is 0 Å². The van der Waals surface area contributed by atoms with Gasteiger partial charge in [-0.2, -0.15) is 0 Å². The van der Waals surface area contributed by atoms with E-state index in [-0.39, 0.29) is 11.8 Å². The van der Waals surface area contributed by atoms with Crippen molar-refractivity contribution in [3.63, 3.8) is 0 Å². The fourth-order valence-electron chi connectivity index (χ4n) is 3.04. The summed E-state index contributed by atoms with van der Waals surface area (Å²) in [5, 5.41) is 5.64. The van der Waals surface area contributed by atoms with Gasteiger partial charge in [0.1, 0.15) is 5.41 Å². The van der Waals surface area contributed by atoms with E-state index in [1.54, 1.807) is 31.2 Å². The molecule has 0 heterocycles. The molecule has 2 N–H and O–H groups in total. The van der Waals surface area contributed by atoms with Crippen LogP contribution in [0.2, 0.25) is 0 Å². The van der Waals surface area contributed by atoms with E-state index in [2.05, 4.69) is 24.5 Å². The lowest BCUT2D eigenvalue weighted by atomic mass is 10.0. The average molecular weight is 394 g/mol. The number of hydrogen-bond donors (Lipinski definition) is 2. The van der Waals surface area contributed by atoms with Crippen molar-refractivity contribution in [2.24, 2.45) is 5.41 Å². The average Bonchev–Trinajstić information content (AvgIpc) is 3.51. The maximum atomic E-state index is 12.7. The van der Waals surface area contributed by atoms with Gasteiger partial charge < -0.3 is 15.4 Å². The van der Waals surface area contributed by atoms with Crippen LogP contribution in [0.15, 0.2) is 48.5 Å². The Morgan fingerprint density at radius 3 is 1.79 bits per heavy atom. The van der Waals surface area contributed by atoms with Crippen LogP contribution in [0.25, 0.3) is 0 Å². The van der Waals surface area contributed by atoms with Crippen LogP contribution in [0.1, 0.15) is 55.5 Å². The minimum absolute atomic E-state index is 0.296. The maximum absolute atomic E-state index is 12.7. The second kappa shape index (κ2) is 8.47. The fraction of sp³-hybridized carbons (Fsp3) is 0.348. The topological polar surface area (TPSA) is 84.5 Å². The largest absolute Gasteiger partial charge is 0.462 e. The molecule has 2 aromatic rings. The van der Waals surface area contributed by atoms with E-state index in [0.29, 0.717) is 42.3 Å². The molecule has 1 fully saturated rings. The molecule has 0 radical (unpaired) electrons. The van der Waals surface area contributed by atoms with Crippen molar-refractivity contribution in [3.8, 4) is 0 Å². The standard InChI is InChI=1S/C23H26N2O4/c1-4-29-20(26)17-7-11-19(12-8-17)25-22(28)23(13-14-23)21(27)24-18-9-5-16(6-10-18)15(2)3/h5-12,15H,4,13-14H2,1-3H3,(H,24,27)(H,25,28). The minimum Gasteiger partial charge on any atom is -0.462 e. The Bertz CT molecular complexity index is 897. The number of carbonyl (C=O) groups is 3. The lowest BCUT2D eigenvalue weighted by Gasteiger charge is -2.16. The molecule has 6 heteroatoms. The van der Waals surface area contributed by atoms with Gasteiger partial charge in [-0.1, -0.05) is 26.0 Å². The highest BCUT2D eigenvalue weighted by Crippen LogP contribution is 2.47. The Hall–Kier alpha value is -3.15. The number of amides is 2. The van der Waals surface area contributed by atoms with Crippen molar-refractivity contribution < 1.29 is 19.1 Å². The van der Waals surface area contributed by atoms with Crippen LogP contribution in [0.3, 0.4) is 0 Å². The molecule has 2 amide bonds. The predicted octanol–water partition coefficient (Wildman–Crippen LogP) is 4.34. The molecule has 0 atom stereocenters. The Kier molecular flexibility index (Phi) is 6.01. The molecule has 29 heavy (non-hydrogen) atoms. The highest BCUT2D eigenvalue weighted by atomic mass is 16.5. The third-order valence-electron chi connectivity index (χ3n) is 5.11. The number of esters is 1. The van der Waals surface area contributed by atoms with Gasteiger partial charge in [-0.25, -0.2) is 4.79 Å². The molecule has 1 saturated carbocycles. The second-order valence-electron chi connectivity index (χ2n) is 7.56. The van der Waals surface area contributed by atoms with Crippen molar-refractivity contribution in [2.45, 2.75) is 39.5 Å². The summed E-state index contributed by atoms with van der Waals surface area (Å²) in [5.41, 5.74) is 1.76. The highest BCUT2D eigenvalue weighted by molar-refractivity contribution is 6.16. The molecule has 152 valence electrons. The SMILES string of the molecule is CCOC(=O)c1ccc(NC(=O)C2(C(=O)Nc3ccc(C(C)C)cc3)CC2)cc1. The summed E-state index contributed by atoms with van der Waals surface area (Å²) in [6.45, 7) is 6.26. The summed E-state index contributed by atoms with van der Waals surface area (Å²) >= 11 is 0. The van der Waals surface area contributed by atoms with E-state index >= 15 is 0 Å². The molecule has 2 aromatic carbocycles. The molecular formula is C23H26N2O4. The number of ether oxygens (including phenoxy) is 1. The molecule has 1 aliphatic rings. The number of benzene rings is 2. The van der Waals surface area contributed by atoms with Gasteiger partial charge in [-0.3, -0.25) is 9.59 Å². The number of nitrogens with one attached hydrogen (secondary N) is 2. The number of rotatable bonds is 7. The lowest BCUT2D eigenvalue weighted by molar-refractivity contribution is -0.131. The van der Waals surface area contributed by atoms with Gasteiger partial charge in [0.2, 0.25) is 11.8 Å². The van der Waals surface area contributed by atoms with Gasteiger partial charge in [0.25, 0.3) is 0 Å². The molecule has 1 aliphatic carbocycles. The Labute approximate surface area is 170 Å². The van der Waals surface area contributed by atoms with Crippen LogP contribution in [-0.4, -0.2) is 24.4 Å². The Morgan fingerprint density at radius 2 is 1.38 bits per heavy atom. The maximum Gasteiger partial charge on any atom is 0.338 e. The first kappa shape index (κ1) is 20.6. The van der Waals surface area contributed by atoms with Crippen molar-refractivity contribution in [1.29, 1.82) is 0 Å². The lowest BCUT2D eigenvalue weighted by Crippen LogP contribution is -2.35. The smallest absolute Gasteiger partial charge is 0.338 e. The zero-order valence-corrected chi connectivity index (χ0v) is 17.0. The Balaban J connectivity index is 1.62. The van der Waals surface area contributed by atoms with Crippen LogP contribution in [-0.2, 0) is 14.3 Å². The van der Waals surface area contributed by atoms with Gasteiger partial charge in [0.05, 0.1) is 12.2 Å². The van der Waals surface area contributed by atoms with Gasteiger partial charge in [-0.15, -0.1) is 0 Å². The summed E-state index contributed by atoms with van der Waals surface area (Å²) in [5.74, 6) is -0.629. The molecule has 3 rings (SSSR count). The minimum atomic E-state index is -1.05. The molecule has 0 bridgehead atoms. The summed E-state index contributed by atoms with van der Waals surface area (Å²) in [6, 6.07) is 14.1. The second-order valence-corrected chi connectivity index (χ2v) is 7.56. The summed E-state index contributed by atoms with van der Waals surface area (Å²) in [4.78, 5) is 37.2. The highest BCUT2D eigenvalue weighted by Gasteiger charge is 2.56. The van der Waals surface area contributed by atoms with Gasteiger partial charge in [-0.05, 0) is 67.6 Å².